The first-order valence-corrected chi connectivity index (χ1v) is 20.8. The Morgan fingerprint density at radius 2 is 1.05 bits per heavy atom. The average molecular weight is 783 g/mol. The number of phosphoric acid groups is 1. The third-order valence-electron chi connectivity index (χ3n) is 8.86. The fraction of sp³-hybridized carbons (Fsp3) is 0.348. The molecule has 0 saturated heterocycles. The number of nitrogens with zero attached hydrogens (tertiary/aromatic N) is 1. The summed E-state index contributed by atoms with van der Waals surface area (Å²) in [4.78, 5) is 35.7. The standard InChI is InChI=1S/C46H56NO8P/c1-47(2,3)34-35-53-56(50,51)54-37-44(55-46(49)21-13-11-19-41-26-32-43(33-27-41)29-23-39-16-8-5-9-17-39)36-52-45(48)20-12-10-18-40-24-30-42(31-25-40)28-22-38-14-6-4-7-15-38/h4-9,14-17,22-33,44H,10-13,18-21,34-37H2,1-3H3/p+1/b28-22+,29-23+/t44-/m1/s1. The monoisotopic (exact) mass is 782 g/mol. The summed E-state index contributed by atoms with van der Waals surface area (Å²) in [6.45, 7) is -0.276. The molecule has 0 aromatic heterocycles. The molecule has 56 heavy (non-hydrogen) atoms. The summed E-state index contributed by atoms with van der Waals surface area (Å²) in [6, 6.07) is 36.9. The van der Waals surface area contributed by atoms with E-state index in [-0.39, 0.29) is 26.1 Å². The Kier molecular flexibility index (Phi) is 18.5. The van der Waals surface area contributed by atoms with E-state index in [0.717, 1.165) is 47.9 Å². The summed E-state index contributed by atoms with van der Waals surface area (Å²) in [5, 5.41) is 0. The van der Waals surface area contributed by atoms with E-state index in [4.69, 9.17) is 18.5 Å². The number of likely N-dealkylation sites (N-methyl/N-ethyl adjacent to an activating group) is 1. The van der Waals surface area contributed by atoms with Crippen LogP contribution < -0.4 is 0 Å². The number of hydrogen-bond acceptors (Lipinski definition) is 7. The number of carbonyl (C=O) groups excluding carboxylic acids is 2. The first kappa shape index (κ1) is 44.1. The van der Waals surface area contributed by atoms with Crippen molar-refractivity contribution in [1.82, 2.24) is 0 Å². The Morgan fingerprint density at radius 1 is 0.607 bits per heavy atom. The Bertz CT molecular complexity index is 1850. The second-order valence-corrected chi connectivity index (χ2v) is 16.2. The van der Waals surface area contributed by atoms with Gasteiger partial charge in [-0.05, 0) is 71.9 Å². The molecule has 4 aromatic carbocycles. The number of ether oxygens (including phenoxy) is 2. The molecule has 4 aromatic rings. The zero-order valence-electron chi connectivity index (χ0n) is 33.0. The highest BCUT2D eigenvalue weighted by Gasteiger charge is 2.27. The van der Waals surface area contributed by atoms with Gasteiger partial charge in [-0.25, -0.2) is 4.57 Å². The molecule has 0 aliphatic rings. The molecule has 0 bridgehead atoms. The van der Waals surface area contributed by atoms with Crippen molar-refractivity contribution in [3.63, 3.8) is 0 Å². The van der Waals surface area contributed by atoms with Gasteiger partial charge in [0, 0.05) is 12.8 Å². The lowest BCUT2D eigenvalue weighted by Gasteiger charge is -2.24. The third-order valence-corrected chi connectivity index (χ3v) is 9.84. The molecule has 0 saturated carbocycles. The van der Waals surface area contributed by atoms with Gasteiger partial charge in [0.15, 0.2) is 6.10 Å². The van der Waals surface area contributed by atoms with Crippen LogP contribution in [0, 0.1) is 0 Å². The van der Waals surface area contributed by atoms with Gasteiger partial charge >= 0.3 is 19.8 Å². The molecule has 0 aliphatic heterocycles. The largest absolute Gasteiger partial charge is 0.472 e. The Hall–Kier alpha value is -4.63. The fourth-order valence-corrected chi connectivity index (χ4v) is 6.31. The maximum Gasteiger partial charge on any atom is 0.472 e. The number of carbonyl (C=O) groups is 2. The summed E-state index contributed by atoms with van der Waals surface area (Å²) in [7, 11) is 1.36. The van der Waals surface area contributed by atoms with Crippen molar-refractivity contribution in [1.29, 1.82) is 0 Å². The minimum Gasteiger partial charge on any atom is -0.462 e. The van der Waals surface area contributed by atoms with Gasteiger partial charge in [0.2, 0.25) is 0 Å². The lowest BCUT2D eigenvalue weighted by molar-refractivity contribution is -0.870. The SMILES string of the molecule is C[N+](C)(C)CCOP(=O)(O)OC[C@@H](COC(=O)CCCCc1ccc(/C=C/c2ccccc2)cc1)OC(=O)CCCCc1ccc(/C=C/c2ccccc2)cc1. The molecule has 0 heterocycles. The van der Waals surface area contributed by atoms with Crippen LogP contribution >= 0.6 is 7.82 Å². The maximum atomic E-state index is 12.8. The summed E-state index contributed by atoms with van der Waals surface area (Å²) in [5.74, 6) is -0.947. The second kappa shape index (κ2) is 23.4. The summed E-state index contributed by atoms with van der Waals surface area (Å²) < 4.78 is 34.4. The molecule has 0 radical (unpaired) electrons. The topological polar surface area (TPSA) is 108 Å². The van der Waals surface area contributed by atoms with Crippen LogP contribution in [0.3, 0.4) is 0 Å². The minimum absolute atomic E-state index is 0.000710. The van der Waals surface area contributed by atoms with Gasteiger partial charge in [-0.2, -0.15) is 0 Å². The predicted octanol–water partition coefficient (Wildman–Crippen LogP) is 9.45. The number of hydrogen-bond donors (Lipinski definition) is 1. The quantitative estimate of drug-likeness (QED) is 0.0246. The first-order chi connectivity index (χ1) is 26.9. The van der Waals surface area contributed by atoms with E-state index in [2.05, 4.69) is 97.1 Å². The second-order valence-electron chi connectivity index (χ2n) is 14.8. The van der Waals surface area contributed by atoms with Gasteiger partial charge in [0.05, 0.1) is 27.7 Å². The van der Waals surface area contributed by atoms with Gasteiger partial charge in [-0.3, -0.25) is 18.6 Å². The molecule has 1 unspecified atom stereocenters. The van der Waals surface area contributed by atoms with Crippen LogP contribution in [0.15, 0.2) is 109 Å². The van der Waals surface area contributed by atoms with Crippen LogP contribution in [0.2, 0.25) is 0 Å². The lowest BCUT2D eigenvalue weighted by Crippen LogP contribution is -2.37. The molecule has 0 amide bonds. The highest BCUT2D eigenvalue weighted by Crippen LogP contribution is 2.43. The Balaban J connectivity index is 1.18. The number of unbranched alkanes of at least 4 members (excludes halogenated alkanes) is 2. The maximum absolute atomic E-state index is 12.8. The van der Waals surface area contributed by atoms with Crippen molar-refractivity contribution < 1.29 is 42.1 Å². The van der Waals surface area contributed by atoms with Crippen LogP contribution in [-0.4, -0.2) is 74.9 Å². The van der Waals surface area contributed by atoms with Crippen LogP contribution in [0.4, 0.5) is 0 Å². The van der Waals surface area contributed by atoms with E-state index in [9.17, 15) is 19.0 Å². The number of benzene rings is 4. The van der Waals surface area contributed by atoms with E-state index in [0.29, 0.717) is 23.9 Å². The zero-order chi connectivity index (χ0) is 40.1. The van der Waals surface area contributed by atoms with Crippen LogP contribution in [-0.2, 0) is 45.5 Å². The van der Waals surface area contributed by atoms with Gasteiger partial charge < -0.3 is 18.9 Å². The van der Waals surface area contributed by atoms with Gasteiger partial charge in [0.1, 0.15) is 19.8 Å². The number of esters is 2. The molecule has 2 atom stereocenters. The molecule has 0 fully saturated rings. The van der Waals surface area contributed by atoms with Crippen molar-refractivity contribution in [3.05, 3.63) is 143 Å². The van der Waals surface area contributed by atoms with E-state index < -0.39 is 32.5 Å². The van der Waals surface area contributed by atoms with Crippen LogP contribution in [0.25, 0.3) is 24.3 Å². The van der Waals surface area contributed by atoms with Gasteiger partial charge in [0.25, 0.3) is 0 Å². The van der Waals surface area contributed by atoms with E-state index in [1.54, 1.807) is 0 Å². The number of phosphoric ester groups is 1. The number of quaternary nitrogens is 1. The van der Waals surface area contributed by atoms with E-state index in [1.807, 2.05) is 57.5 Å². The predicted molar refractivity (Wildman–Crippen MR) is 224 cm³/mol. The molecule has 0 spiro atoms. The van der Waals surface area contributed by atoms with Crippen molar-refractivity contribution >= 4 is 44.1 Å². The van der Waals surface area contributed by atoms with Crippen LogP contribution in [0.5, 0.6) is 0 Å². The average Bonchev–Trinajstić information content (AvgIpc) is 3.18. The molecule has 0 aliphatic carbocycles. The minimum atomic E-state index is -4.43. The van der Waals surface area contributed by atoms with Crippen molar-refractivity contribution in [2.45, 2.75) is 57.5 Å². The fourth-order valence-electron chi connectivity index (χ4n) is 5.56. The van der Waals surface area contributed by atoms with E-state index in [1.165, 1.54) is 11.1 Å². The van der Waals surface area contributed by atoms with Crippen LogP contribution in [0.1, 0.15) is 71.9 Å². The summed E-state index contributed by atoms with van der Waals surface area (Å²) in [6.07, 6.45) is 12.0. The number of rotatable bonds is 24. The molecule has 1 N–H and O–H groups in total. The van der Waals surface area contributed by atoms with Crippen molar-refractivity contribution in [3.8, 4) is 0 Å². The summed E-state index contributed by atoms with van der Waals surface area (Å²) >= 11 is 0. The normalized spacial score (nSPS) is 13.4. The Labute approximate surface area is 332 Å². The van der Waals surface area contributed by atoms with Gasteiger partial charge in [-0.15, -0.1) is 0 Å². The number of aryl methyl sites for hydroxylation is 2. The molecule has 9 nitrogen and oxygen atoms in total. The van der Waals surface area contributed by atoms with Gasteiger partial charge in [-0.1, -0.05) is 133 Å². The molecule has 4 rings (SSSR count). The molecule has 10 heteroatoms. The highest BCUT2D eigenvalue weighted by atomic mass is 31.2. The smallest absolute Gasteiger partial charge is 0.462 e. The Morgan fingerprint density at radius 3 is 1.52 bits per heavy atom. The summed E-state index contributed by atoms with van der Waals surface area (Å²) in [5.41, 5.74) is 6.86. The first-order valence-electron chi connectivity index (χ1n) is 19.3. The molecular formula is C46H57NO8P+. The van der Waals surface area contributed by atoms with E-state index >= 15 is 0 Å². The van der Waals surface area contributed by atoms with Crippen molar-refractivity contribution in [2.75, 3.05) is 47.5 Å². The molecule has 298 valence electrons. The lowest BCUT2D eigenvalue weighted by atomic mass is 10.0. The molecular weight excluding hydrogens is 725 g/mol. The zero-order valence-corrected chi connectivity index (χ0v) is 33.9. The van der Waals surface area contributed by atoms with Crippen molar-refractivity contribution in [2.24, 2.45) is 0 Å². The highest BCUT2D eigenvalue weighted by molar-refractivity contribution is 7.47. The third kappa shape index (κ3) is 18.8.